The molecule has 0 radical (unpaired) electrons. The summed E-state index contributed by atoms with van der Waals surface area (Å²) in [6.45, 7) is 3.04. The summed E-state index contributed by atoms with van der Waals surface area (Å²) in [7, 11) is -4.43. The molecule has 0 saturated carbocycles. The molecule has 72 valence electrons. The molecule has 0 heterocycles. The fraction of sp³-hybridized carbons (Fsp3) is 0.250. The molecular weight excluding hydrogens is 215 g/mol. The van der Waals surface area contributed by atoms with Gasteiger partial charge in [0.15, 0.2) is 0 Å². The number of rotatable bonds is 1. The Morgan fingerprint density at radius 2 is 1.71 bits per heavy atom. The molecular formula is C8H9NaO4S. The van der Waals surface area contributed by atoms with Crippen LogP contribution in [0.15, 0.2) is 17.0 Å². The van der Waals surface area contributed by atoms with Crippen molar-refractivity contribution in [3.8, 4) is 5.75 Å². The fourth-order valence-corrected chi connectivity index (χ4v) is 1.82. The molecule has 0 amide bonds. The van der Waals surface area contributed by atoms with Crippen molar-refractivity contribution in [3.63, 3.8) is 0 Å². The Morgan fingerprint density at radius 1 is 1.21 bits per heavy atom. The van der Waals surface area contributed by atoms with Gasteiger partial charge in [0.2, 0.25) is 0 Å². The van der Waals surface area contributed by atoms with Gasteiger partial charge >= 0.3 is 29.6 Å². The van der Waals surface area contributed by atoms with E-state index in [-0.39, 0.29) is 40.2 Å². The number of hydrogen-bond acceptors (Lipinski definition) is 4. The second-order valence-corrected chi connectivity index (χ2v) is 4.14. The Morgan fingerprint density at radius 3 is 2.14 bits per heavy atom. The summed E-state index contributed by atoms with van der Waals surface area (Å²) in [5.41, 5.74) is 0.715. The van der Waals surface area contributed by atoms with Crippen molar-refractivity contribution in [1.82, 2.24) is 0 Å². The average Bonchev–Trinajstić information content (AvgIpc) is 1.98. The molecule has 0 aliphatic carbocycles. The zero-order chi connectivity index (χ0) is 10.2. The summed E-state index contributed by atoms with van der Waals surface area (Å²) in [6.07, 6.45) is 0. The van der Waals surface area contributed by atoms with Gasteiger partial charge in [-0.05, 0) is 37.1 Å². The zero-order valence-corrected chi connectivity index (χ0v) is 11.1. The number of phenolic OH excluding ortho intramolecular Hbond substituents is 1. The molecule has 4 nitrogen and oxygen atoms in total. The Hall–Kier alpha value is -0.0700. The van der Waals surface area contributed by atoms with Gasteiger partial charge in [0, 0.05) is 0 Å². The largest absolute Gasteiger partial charge is 1.00 e. The average molecular weight is 224 g/mol. The van der Waals surface area contributed by atoms with Crippen molar-refractivity contribution in [3.05, 3.63) is 23.3 Å². The van der Waals surface area contributed by atoms with Gasteiger partial charge in [-0.25, -0.2) is 8.42 Å². The maximum Gasteiger partial charge on any atom is 1.00 e. The fourth-order valence-electron chi connectivity index (χ4n) is 1.05. The monoisotopic (exact) mass is 224 g/mol. The minimum absolute atomic E-state index is 0. The van der Waals surface area contributed by atoms with E-state index in [1.165, 1.54) is 13.0 Å². The van der Waals surface area contributed by atoms with Crippen molar-refractivity contribution in [1.29, 1.82) is 0 Å². The third-order valence-electron chi connectivity index (χ3n) is 1.98. The van der Waals surface area contributed by atoms with E-state index in [9.17, 15) is 18.1 Å². The van der Waals surface area contributed by atoms with Gasteiger partial charge in [-0.3, -0.25) is 0 Å². The molecule has 0 saturated heterocycles. The van der Waals surface area contributed by atoms with Crippen LogP contribution in [0.2, 0.25) is 0 Å². The topological polar surface area (TPSA) is 77.4 Å². The first kappa shape index (κ1) is 13.9. The van der Waals surface area contributed by atoms with Crippen LogP contribution in [0, 0.1) is 13.8 Å². The first-order chi connectivity index (χ1) is 5.84. The maximum atomic E-state index is 10.7. The van der Waals surface area contributed by atoms with Crippen LogP contribution in [-0.4, -0.2) is 18.1 Å². The van der Waals surface area contributed by atoms with Gasteiger partial charge in [0.1, 0.15) is 15.9 Å². The second kappa shape index (κ2) is 4.63. The molecule has 0 fully saturated rings. The first-order valence-corrected chi connectivity index (χ1v) is 5.00. The Bertz CT molecular complexity index is 439. The van der Waals surface area contributed by atoms with E-state index in [1.807, 2.05) is 0 Å². The molecule has 1 aromatic carbocycles. The van der Waals surface area contributed by atoms with E-state index in [1.54, 1.807) is 6.92 Å². The van der Waals surface area contributed by atoms with E-state index in [0.29, 0.717) is 11.1 Å². The molecule has 0 atom stereocenters. The second-order valence-electron chi connectivity index (χ2n) is 2.79. The normalized spacial score (nSPS) is 10.8. The molecule has 0 unspecified atom stereocenters. The van der Waals surface area contributed by atoms with Crippen LogP contribution < -0.4 is 29.6 Å². The summed E-state index contributed by atoms with van der Waals surface area (Å²) in [6, 6.07) is 2.31. The van der Waals surface area contributed by atoms with Crippen molar-refractivity contribution >= 4 is 10.1 Å². The van der Waals surface area contributed by atoms with Gasteiger partial charge in [0.25, 0.3) is 0 Å². The number of aromatic hydroxyl groups is 1. The Balaban J connectivity index is 0.00000169. The number of benzene rings is 1. The molecule has 0 spiro atoms. The SMILES string of the molecule is Cc1c(O)ccc(S(=O)(=O)[O-])c1C.[Na+]. The standard InChI is InChI=1S/C8H10O4S.Na/c1-5-6(2)8(13(10,11)12)4-3-7(5)9;/h3-4,9H,1-2H3,(H,10,11,12);/q;+1/p-1. The first-order valence-electron chi connectivity index (χ1n) is 3.59. The Labute approximate surface area is 105 Å². The third kappa shape index (κ3) is 2.71. The van der Waals surface area contributed by atoms with E-state index >= 15 is 0 Å². The van der Waals surface area contributed by atoms with E-state index in [2.05, 4.69) is 0 Å². The van der Waals surface area contributed by atoms with Crippen molar-refractivity contribution in [2.45, 2.75) is 18.7 Å². The minimum atomic E-state index is -4.43. The summed E-state index contributed by atoms with van der Waals surface area (Å²) in [4.78, 5) is -0.275. The van der Waals surface area contributed by atoms with Crippen LogP contribution in [-0.2, 0) is 10.1 Å². The molecule has 14 heavy (non-hydrogen) atoms. The van der Waals surface area contributed by atoms with Crippen LogP contribution >= 0.6 is 0 Å². The predicted octanol–water partition coefficient (Wildman–Crippen LogP) is -2.08. The molecule has 0 aliphatic heterocycles. The summed E-state index contributed by atoms with van der Waals surface area (Å²) in [5, 5.41) is 9.19. The summed E-state index contributed by atoms with van der Waals surface area (Å²) >= 11 is 0. The molecule has 0 aromatic heterocycles. The van der Waals surface area contributed by atoms with E-state index in [4.69, 9.17) is 0 Å². The number of hydrogen-bond donors (Lipinski definition) is 1. The summed E-state index contributed by atoms with van der Waals surface area (Å²) in [5.74, 6) is -0.00935. The van der Waals surface area contributed by atoms with Gasteiger partial charge in [-0.15, -0.1) is 0 Å². The van der Waals surface area contributed by atoms with Crippen LogP contribution in [0.25, 0.3) is 0 Å². The smallest absolute Gasteiger partial charge is 0.744 e. The Kier molecular flexibility index (Phi) is 4.61. The minimum Gasteiger partial charge on any atom is -0.744 e. The van der Waals surface area contributed by atoms with Gasteiger partial charge in [-0.1, -0.05) is 0 Å². The van der Waals surface area contributed by atoms with E-state index < -0.39 is 10.1 Å². The van der Waals surface area contributed by atoms with Crippen molar-refractivity contribution in [2.24, 2.45) is 0 Å². The van der Waals surface area contributed by atoms with E-state index in [0.717, 1.165) is 6.07 Å². The van der Waals surface area contributed by atoms with Crippen LogP contribution in [0.3, 0.4) is 0 Å². The number of phenols is 1. The van der Waals surface area contributed by atoms with Gasteiger partial charge in [-0.2, -0.15) is 0 Å². The molecule has 1 rings (SSSR count). The van der Waals surface area contributed by atoms with Crippen LogP contribution in [0.1, 0.15) is 11.1 Å². The molecule has 6 heteroatoms. The van der Waals surface area contributed by atoms with Gasteiger partial charge < -0.3 is 9.66 Å². The molecule has 0 aliphatic rings. The van der Waals surface area contributed by atoms with Crippen molar-refractivity contribution in [2.75, 3.05) is 0 Å². The van der Waals surface area contributed by atoms with Crippen LogP contribution in [0.5, 0.6) is 5.75 Å². The third-order valence-corrected chi connectivity index (χ3v) is 2.96. The molecule has 1 N–H and O–H groups in total. The maximum absolute atomic E-state index is 10.7. The molecule has 0 bridgehead atoms. The van der Waals surface area contributed by atoms with Gasteiger partial charge in [0.05, 0.1) is 4.90 Å². The van der Waals surface area contributed by atoms with Crippen LogP contribution in [0.4, 0.5) is 0 Å². The zero-order valence-electron chi connectivity index (χ0n) is 8.23. The molecule has 1 aromatic rings. The quantitative estimate of drug-likeness (QED) is 0.438. The summed E-state index contributed by atoms with van der Waals surface area (Å²) < 4.78 is 32.0. The van der Waals surface area contributed by atoms with Crippen molar-refractivity contribution < 1.29 is 47.6 Å². The predicted molar refractivity (Wildman–Crippen MR) is 45.5 cm³/mol.